The summed E-state index contributed by atoms with van der Waals surface area (Å²) >= 11 is 0. The summed E-state index contributed by atoms with van der Waals surface area (Å²) in [7, 11) is 0.578. The van der Waals surface area contributed by atoms with E-state index in [9.17, 15) is 4.21 Å². The number of rotatable bonds is 5. The second kappa shape index (κ2) is 6.69. The lowest BCUT2D eigenvalue weighted by atomic mass is 10.1. The molecule has 19 heavy (non-hydrogen) atoms. The minimum absolute atomic E-state index is 0.134. The summed E-state index contributed by atoms with van der Waals surface area (Å²) < 4.78 is 22.6. The zero-order chi connectivity index (χ0) is 13.7. The summed E-state index contributed by atoms with van der Waals surface area (Å²) in [6.07, 6.45) is 2.19. The zero-order valence-electron chi connectivity index (χ0n) is 10.9. The second-order valence-corrected chi connectivity index (χ2v) is 6.03. The van der Waals surface area contributed by atoms with Crippen molar-refractivity contribution in [3.05, 3.63) is 29.3 Å². The molecule has 1 aliphatic rings. The van der Waals surface area contributed by atoms with E-state index in [-0.39, 0.29) is 6.10 Å². The Kier molecular flexibility index (Phi) is 4.94. The minimum atomic E-state index is -0.955. The van der Waals surface area contributed by atoms with Gasteiger partial charge in [-0.25, -0.2) is 0 Å². The Hall–Kier alpha value is -1.38. The summed E-state index contributed by atoms with van der Waals surface area (Å²) in [6.45, 7) is 0.781. The highest BCUT2D eigenvalue weighted by molar-refractivity contribution is 7.84. The van der Waals surface area contributed by atoms with Crippen LogP contribution in [-0.4, -0.2) is 29.8 Å². The van der Waals surface area contributed by atoms with Crippen LogP contribution in [0.4, 0.5) is 0 Å². The number of hydrogen-bond donors (Lipinski definition) is 0. The molecule has 0 aliphatic carbocycles. The largest absolute Gasteiger partial charge is 0.495 e. The molecular formula is C14H17NO3S. The highest BCUT2D eigenvalue weighted by atomic mass is 32.2. The first-order chi connectivity index (χ1) is 9.22. The van der Waals surface area contributed by atoms with Gasteiger partial charge in [-0.2, -0.15) is 5.26 Å². The van der Waals surface area contributed by atoms with Gasteiger partial charge in [0, 0.05) is 23.2 Å². The average molecular weight is 279 g/mol. The van der Waals surface area contributed by atoms with Crippen LogP contribution in [0.2, 0.25) is 0 Å². The van der Waals surface area contributed by atoms with Gasteiger partial charge in [-0.1, -0.05) is 6.07 Å². The molecule has 1 aromatic rings. The topological polar surface area (TPSA) is 59.3 Å². The fourth-order valence-electron chi connectivity index (χ4n) is 2.16. The minimum Gasteiger partial charge on any atom is -0.495 e. The predicted octanol–water partition coefficient (Wildman–Crippen LogP) is 1.99. The van der Waals surface area contributed by atoms with E-state index in [0.29, 0.717) is 22.8 Å². The normalized spacial score (nSPS) is 19.9. The average Bonchev–Trinajstić information content (AvgIpc) is 2.91. The first kappa shape index (κ1) is 14.0. The maximum absolute atomic E-state index is 12.0. The third-order valence-electron chi connectivity index (χ3n) is 3.11. The zero-order valence-corrected chi connectivity index (χ0v) is 11.7. The van der Waals surface area contributed by atoms with Gasteiger partial charge in [-0.3, -0.25) is 4.21 Å². The van der Waals surface area contributed by atoms with Crippen molar-refractivity contribution in [3.8, 4) is 11.8 Å². The van der Waals surface area contributed by atoms with Crippen molar-refractivity contribution in [2.75, 3.05) is 19.5 Å². The van der Waals surface area contributed by atoms with Crippen molar-refractivity contribution >= 4 is 10.8 Å². The number of hydrogen-bond acceptors (Lipinski definition) is 4. The Morgan fingerprint density at radius 1 is 1.58 bits per heavy atom. The lowest BCUT2D eigenvalue weighted by Gasteiger charge is -2.09. The first-order valence-electron chi connectivity index (χ1n) is 6.26. The third-order valence-corrected chi connectivity index (χ3v) is 4.51. The smallest absolute Gasteiger partial charge is 0.136 e. The SMILES string of the molecule is COc1ccc(CS(=O)CC2CCCO2)cc1C#N. The number of nitriles is 1. The van der Waals surface area contributed by atoms with Crippen LogP contribution in [-0.2, 0) is 21.3 Å². The highest BCUT2D eigenvalue weighted by Crippen LogP contribution is 2.20. The summed E-state index contributed by atoms with van der Waals surface area (Å²) in [5.74, 6) is 1.59. The molecule has 0 radical (unpaired) electrons. The monoisotopic (exact) mass is 279 g/mol. The van der Waals surface area contributed by atoms with Crippen molar-refractivity contribution in [2.24, 2.45) is 0 Å². The Labute approximate surface area is 115 Å². The van der Waals surface area contributed by atoms with E-state index in [1.54, 1.807) is 12.1 Å². The van der Waals surface area contributed by atoms with Crippen LogP contribution in [0.25, 0.3) is 0 Å². The van der Waals surface area contributed by atoms with E-state index in [1.165, 1.54) is 7.11 Å². The third kappa shape index (κ3) is 3.79. The van der Waals surface area contributed by atoms with Crippen LogP contribution in [0.5, 0.6) is 5.75 Å². The molecule has 0 aromatic heterocycles. The molecule has 1 fully saturated rings. The van der Waals surface area contributed by atoms with Crippen LogP contribution in [0.15, 0.2) is 18.2 Å². The van der Waals surface area contributed by atoms with Crippen LogP contribution in [0, 0.1) is 11.3 Å². The molecule has 2 rings (SSSR count). The van der Waals surface area contributed by atoms with E-state index in [2.05, 4.69) is 6.07 Å². The van der Waals surface area contributed by atoms with E-state index in [0.717, 1.165) is 25.0 Å². The molecule has 2 unspecified atom stereocenters. The molecule has 1 aromatic carbocycles. The van der Waals surface area contributed by atoms with Crippen LogP contribution in [0.1, 0.15) is 24.0 Å². The maximum atomic E-state index is 12.0. The Morgan fingerprint density at radius 3 is 3.05 bits per heavy atom. The maximum Gasteiger partial charge on any atom is 0.136 e. The second-order valence-electron chi connectivity index (χ2n) is 4.53. The van der Waals surface area contributed by atoms with Gasteiger partial charge in [0.1, 0.15) is 11.8 Å². The van der Waals surface area contributed by atoms with Crippen molar-refractivity contribution < 1.29 is 13.7 Å². The molecule has 1 heterocycles. The van der Waals surface area contributed by atoms with Crippen molar-refractivity contribution in [3.63, 3.8) is 0 Å². The Balaban J connectivity index is 1.98. The van der Waals surface area contributed by atoms with E-state index >= 15 is 0 Å². The standard InChI is InChI=1S/C14H17NO3S/c1-17-14-5-4-11(7-12(14)8-15)9-19(16)10-13-3-2-6-18-13/h4-5,7,13H,2-3,6,9-10H2,1H3. The number of nitrogens with zero attached hydrogens (tertiary/aromatic N) is 1. The van der Waals surface area contributed by atoms with Gasteiger partial charge >= 0.3 is 0 Å². The van der Waals surface area contributed by atoms with Crippen molar-refractivity contribution in [1.29, 1.82) is 5.26 Å². The number of benzene rings is 1. The Bertz CT molecular complexity index is 504. The molecule has 5 heteroatoms. The van der Waals surface area contributed by atoms with Crippen molar-refractivity contribution in [1.82, 2.24) is 0 Å². The van der Waals surface area contributed by atoms with Gasteiger partial charge in [0.05, 0.1) is 24.5 Å². The Morgan fingerprint density at radius 2 is 2.42 bits per heavy atom. The van der Waals surface area contributed by atoms with Crippen LogP contribution >= 0.6 is 0 Å². The molecule has 2 atom stereocenters. The van der Waals surface area contributed by atoms with E-state index in [1.807, 2.05) is 6.07 Å². The molecule has 1 aliphatic heterocycles. The molecule has 1 saturated heterocycles. The number of methoxy groups -OCH3 is 1. The molecule has 0 saturated carbocycles. The fraction of sp³-hybridized carbons (Fsp3) is 0.500. The van der Waals surface area contributed by atoms with Gasteiger partial charge in [0.15, 0.2) is 0 Å². The summed E-state index contributed by atoms with van der Waals surface area (Å²) in [4.78, 5) is 0. The van der Waals surface area contributed by atoms with Gasteiger partial charge in [0.2, 0.25) is 0 Å². The predicted molar refractivity (Wildman–Crippen MR) is 73.4 cm³/mol. The van der Waals surface area contributed by atoms with Gasteiger partial charge in [0.25, 0.3) is 0 Å². The van der Waals surface area contributed by atoms with Gasteiger partial charge in [-0.05, 0) is 30.5 Å². The van der Waals surface area contributed by atoms with Gasteiger partial charge in [-0.15, -0.1) is 0 Å². The lowest BCUT2D eigenvalue weighted by molar-refractivity contribution is 0.128. The summed E-state index contributed by atoms with van der Waals surface area (Å²) in [5, 5.41) is 9.01. The molecule has 0 spiro atoms. The molecule has 0 bridgehead atoms. The first-order valence-corrected chi connectivity index (χ1v) is 7.75. The van der Waals surface area contributed by atoms with Gasteiger partial charge < -0.3 is 9.47 Å². The number of ether oxygens (including phenoxy) is 2. The molecule has 102 valence electrons. The van der Waals surface area contributed by atoms with Crippen LogP contribution < -0.4 is 4.74 Å². The lowest BCUT2D eigenvalue weighted by Crippen LogP contribution is -2.16. The fourth-order valence-corrected chi connectivity index (χ4v) is 3.51. The quantitative estimate of drug-likeness (QED) is 0.827. The molecule has 4 nitrogen and oxygen atoms in total. The van der Waals surface area contributed by atoms with Crippen LogP contribution in [0.3, 0.4) is 0 Å². The highest BCUT2D eigenvalue weighted by Gasteiger charge is 2.18. The van der Waals surface area contributed by atoms with Crippen molar-refractivity contribution in [2.45, 2.75) is 24.7 Å². The van der Waals surface area contributed by atoms with E-state index in [4.69, 9.17) is 14.7 Å². The van der Waals surface area contributed by atoms with E-state index < -0.39 is 10.8 Å². The summed E-state index contributed by atoms with van der Waals surface area (Å²) in [5.41, 5.74) is 1.38. The molecule has 0 N–H and O–H groups in total. The molecule has 0 amide bonds. The molecular weight excluding hydrogens is 262 g/mol. The summed E-state index contributed by atoms with van der Waals surface area (Å²) in [6, 6.07) is 7.43.